The van der Waals surface area contributed by atoms with Crippen LogP contribution in [0.4, 0.5) is 0 Å². The molecule has 0 saturated heterocycles. The van der Waals surface area contributed by atoms with E-state index in [2.05, 4.69) is 27.9 Å². The van der Waals surface area contributed by atoms with Crippen molar-refractivity contribution in [1.29, 1.82) is 0 Å². The van der Waals surface area contributed by atoms with Crippen LogP contribution in [0.2, 0.25) is 0 Å². The van der Waals surface area contributed by atoms with Gasteiger partial charge in [-0.2, -0.15) is 0 Å². The Kier molecular flexibility index (Phi) is 42.9. The van der Waals surface area contributed by atoms with Gasteiger partial charge in [0.05, 0.1) is 27.2 Å². The van der Waals surface area contributed by atoms with E-state index in [-0.39, 0.29) is 73.3 Å². The Morgan fingerprint density at radius 2 is 0.760 bits per heavy atom. The summed E-state index contributed by atoms with van der Waals surface area (Å²) in [6.45, 7) is 7.21. The molecule has 0 unspecified atom stereocenters. The first-order chi connectivity index (χ1) is 10.1. The van der Waals surface area contributed by atoms with Crippen LogP contribution in [-0.4, -0.2) is 31.7 Å². The van der Waals surface area contributed by atoms with Gasteiger partial charge in [-0.05, 0) is 19.8 Å². The van der Waals surface area contributed by atoms with Crippen LogP contribution in [0.5, 0.6) is 0 Å². The van der Waals surface area contributed by atoms with Crippen LogP contribution >= 0.6 is 0 Å². The topological polar surface area (TPSA) is 0 Å². The minimum Gasteiger partial charge on any atom is -1.00 e. The van der Waals surface area contributed by atoms with Crippen LogP contribution in [0.1, 0.15) is 104 Å². The van der Waals surface area contributed by atoms with Gasteiger partial charge in [-0.3, -0.25) is 0 Å². The molecule has 0 aromatic rings. The molecule has 1 radical (unpaired) electrons. The largest absolute Gasteiger partial charge is 2.00 e. The van der Waals surface area contributed by atoms with Gasteiger partial charge in [0.2, 0.25) is 0 Å². The maximum Gasteiger partial charge on any atom is 2.00 e. The summed E-state index contributed by atoms with van der Waals surface area (Å²) in [6, 6.07) is 0. The average Bonchev–Trinajstić information content (AvgIpc) is 2.47. The summed E-state index contributed by atoms with van der Waals surface area (Å²) in [7, 11) is 4.70. The smallest absolute Gasteiger partial charge is 1.00 e. The molecular formula is C20H44AgBr3N. The molecule has 0 amide bonds. The Labute approximate surface area is 207 Å². The second kappa shape index (κ2) is 28.4. The van der Waals surface area contributed by atoms with Crippen LogP contribution in [0.25, 0.3) is 0 Å². The van der Waals surface area contributed by atoms with Gasteiger partial charge in [0.15, 0.2) is 0 Å². The van der Waals surface area contributed by atoms with E-state index in [4.69, 9.17) is 0 Å². The molecule has 0 atom stereocenters. The van der Waals surface area contributed by atoms with E-state index in [1.807, 2.05) is 0 Å². The summed E-state index contributed by atoms with van der Waals surface area (Å²) < 4.78 is 1.19. The number of unbranched alkanes of at least 4 members (excludes halogenated alkanes) is 13. The van der Waals surface area contributed by atoms with Gasteiger partial charge in [0, 0.05) is 0 Å². The van der Waals surface area contributed by atoms with Gasteiger partial charge < -0.3 is 55.4 Å². The Hall–Kier alpha value is 2.14. The molecule has 0 spiro atoms. The first kappa shape index (κ1) is 37.8. The molecule has 0 bridgehead atoms. The standard InChI is InChI=1S/C20H44N.Ag.3BrH/c1-5-7-8-9-10-11-12-13-14-15-16-17-18-19-20-21(3,4)6-2;;;;/h5-20H2,1-4H3;;3*1H/q+1;+2;;;/p-3. The van der Waals surface area contributed by atoms with Crippen molar-refractivity contribution in [2.45, 2.75) is 104 Å². The van der Waals surface area contributed by atoms with E-state index in [1.165, 1.54) is 107 Å². The third kappa shape index (κ3) is 31.1. The van der Waals surface area contributed by atoms with Crippen molar-refractivity contribution in [1.82, 2.24) is 0 Å². The molecule has 0 aliphatic rings. The molecule has 0 aliphatic heterocycles. The molecule has 0 aromatic heterocycles. The number of hydrogen-bond acceptors (Lipinski definition) is 0. The Balaban J connectivity index is -0.000000333. The second-order valence-corrected chi connectivity index (χ2v) is 7.57. The zero-order valence-corrected chi connectivity index (χ0v) is 23.4. The van der Waals surface area contributed by atoms with E-state index in [0.717, 1.165) is 0 Å². The Bertz CT molecular complexity index is 217. The first-order valence-electron chi connectivity index (χ1n) is 9.94. The van der Waals surface area contributed by atoms with Crippen molar-refractivity contribution < 1.29 is 77.8 Å². The zero-order valence-electron chi connectivity index (χ0n) is 17.2. The van der Waals surface area contributed by atoms with Crippen LogP contribution in [0, 0.1) is 0 Å². The van der Waals surface area contributed by atoms with Crippen molar-refractivity contribution in [3.63, 3.8) is 0 Å². The third-order valence-electron chi connectivity index (χ3n) is 4.97. The monoisotopic (exact) mass is 642 g/mol. The van der Waals surface area contributed by atoms with Crippen LogP contribution < -0.4 is 50.9 Å². The van der Waals surface area contributed by atoms with E-state index in [9.17, 15) is 0 Å². The molecule has 5 heteroatoms. The fraction of sp³-hybridized carbons (Fsp3) is 1.00. The molecule has 0 aliphatic carbocycles. The molecule has 0 saturated carbocycles. The van der Waals surface area contributed by atoms with E-state index in [0.29, 0.717) is 0 Å². The van der Waals surface area contributed by atoms with Crippen molar-refractivity contribution >= 4 is 0 Å². The molecule has 0 N–H and O–H groups in total. The van der Waals surface area contributed by atoms with Gasteiger partial charge in [-0.15, -0.1) is 0 Å². The molecule has 0 heterocycles. The summed E-state index contributed by atoms with van der Waals surface area (Å²) in [5.41, 5.74) is 0. The number of rotatable bonds is 16. The number of halogens is 3. The number of nitrogens with zero attached hydrogens (tertiary/aromatic N) is 1. The van der Waals surface area contributed by atoms with Crippen LogP contribution in [0.3, 0.4) is 0 Å². The fourth-order valence-electron chi connectivity index (χ4n) is 2.89. The maximum atomic E-state index is 2.35. The van der Waals surface area contributed by atoms with Gasteiger partial charge in [0.25, 0.3) is 0 Å². The summed E-state index contributed by atoms with van der Waals surface area (Å²) in [5.74, 6) is 0. The van der Waals surface area contributed by atoms with Gasteiger partial charge in [0.1, 0.15) is 0 Å². The van der Waals surface area contributed by atoms with Gasteiger partial charge in [-0.25, -0.2) is 0 Å². The van der Waals surface area contributed by atoms with Crippen LogP contribution in [-0.2, 0) is 22.4 Å². The first-order valence-corrected chi connectivity index (χ1v) is 9.94. The van der Waals surface area contributed by atoms with Crippen molar-refractivity contribution in [2.75, 3.05) is 27.2 Å². The number of quaternary nitrogens is 1. The van der Waals surface area contributed by atoms with E-state index >= 15 is 0 Å². The quantitative estimate of drug-likeness (QED) is 0.0997. The normalized spacial score (nSPS) is 10.1. The van der Waals surface area contributed by atoms with Crippen LogP contribution in [0.15, 0.2) is 0 Å². The maximum absolute atomic E-state index is 2.35. The molecule has 1 nitrogen and oxygen atoms in total. The molecule has 0 rings (SSSR count). The zero-order chi connectivity index (χ0) is 15.8. The minimum atomic E-state index is 0. The van der Waals surface area contributed by atoms with Gasteiger partial charge >= 0.3 is 22.4 Å². The fourth-order valence-corrected chi connectivity index (χ4v) is 2.89. The van der Waals surface area contributed by atoms with E-state index in [1.54, 1.807) is 0 Å². The predicted molar refractivity (Wildman–Crippen MR) is 97.8 cm³/mol. The molecule has 0 fully saturated rings. The minimum absolute atomic E-state index is 0. The molecule has 25 heavy (non-hydrogen) atoms. The predicted octanol–water partition coefficient (Wildman–Crippen LogP) is -2.43. The average molecular weight is 646 g/mol. The SMILES string of the molecule is CCCCCCCCCCCCCCCC[N+](C)(C)CC.[Ag+2].[Br-].[Br-].[Br-]. The molecule has 0 aromatic carbocycles. The summed E-state index contributed by atoms with van der Waals surface area (Å²) in [4.78, 5) is 0. The summed E-state index contributed by atoms with van der Waals surface area (Å²) >= 11 is 0. The third-order valence-corrected chi connectivity index (χ3v) is 4.97. The molecular weight excluding hydrogens is 602 g/mol. The summed E-state index contributed by atoms with van der Waals surface area (Å²) in [6.07, 6.45) is 20.4. The Morgan fingerprint density at radius 1 is 0.480 bits per heavy atom. The van der Waals surface area contributed by atoms with E-state index < -0.39 is 0 Å². The summed E-state index contributed by atoms with van der Waals surface area (Å²) in [5, 5.41) is 0. The number of hydrogen-bond donors (Lipinski definition) is 0. The molecule has 161 valence electrons. The van der Waals surface area contributed by atoms with Crippen molar-refractivity contribution in [3.05, 3.63) is 0 Å². The van der Waals surface area contributed by atoms with Crippen molar-refractivity contribution in [2.24, 2.45) is 0 Å². The van der Waals surface area contributed by atoms with Crippen molar-refractivity contribution in [3.8, 4) is 0 Å². The van der Waals surface area contributed by atoms with Gasteiger partial charge in [-0.1, -0.05) is 84.0 Å². The Morgan fingerprint density at radius 3 is 1.04 bits per heavy atom. The second-order valence-electron chi connectivity index (χ2n) is 7.57.